The van der Waals surface area contributed by atoms with Gasteiger partial charge in [-0.2, -0.15) is 0 Å². The molecule has 0 amide bonds. The summed E-state index contributed by atoms with van der Waals surface area (Å²) in [5.74, 6) is 1.58. The quantitative estimate of drug-likeness (QED) is 0.712. The van der Waals surface area contributed by atoms with Gasteiger partial charge in [-0.25, -0.2) is 0 Å². The Morgan fingerprint density at radius 1 is 1.08 bits per heavy atom. The Kier molecular flexibility index (Phi) is 6.93. The smallest absolute Gasteiger partial charge is 0.161 e. The first-order chi connectivity index (χ1) is 12.3. The first kappa shape index (κ1) is 18.5. The topological polar surface area (TPSA) is 46.2 Å². The summed E-state index contributed by atoms with van der Waals surface area (Å²) in [6, 6.07) is 6.96. The van der Waals surface area contributed by atoms with Gasteiger partial charge in [-0.3, -0.25) is 9.80 Å². The van der Waals surface area contributed by atoms with Crippen LogP contribution in [0.3, 0.4) is 0 Å². The molecular formula is C19H31N3O3. The van der Waals surface area contributed by atoms with Crippen molar-refractivity contribution < 1.29 is 14.2 Å². The van der Waals surface area contributed by atoms with Crippen LogP contribution in [0, 0.1) is 0 Å². The summed E-state index contributed by atoms with van der Waals surface area (Å²) >= 11 is 0. The fourth-order valence-electron chi connectivity index (χ4n) is 3.72. The number of rotatable bonds is 8. The lowest BCUT2D eigenvalue weighted by atomic mass is 10.2. The van der Waals surface area contributed by atoms with Gasteiger partial charge in [0.25, 0.3) is 0 Å². The molecule has 2 heterocycles. The van der Waals surface area contributed by atoms with E-state index in [4.69, 9.17) is 14.2 Å². The van der Waals surface area contributed by atoms with Crippen LogP contribution in [0.15, 0.2) is 18.2 Å². The van der Waals surface area contributed by atoms with E-state index in [9.17, 15) is 0 Å². The second kappa shape index (κ2) is 9.38. The van der Waals surface area contributed by atoms with Gasteiger partial charge < -0.3 is 19.5 Å². The largest absolute Gasteiger partial charge is 0.493 e. The molecular weight excluding hydrogens is 318 g/mol. The van der Waals surface area contributed by atoms with Crippen LogP contribution in [0.4, 0.5) is 0 Å². The van der Waals surface area contributed by atoms with Crippen LogP contribution < -0.4 is 14.8 Å². The number of hydrogen-bond acceptors (Lipinski definition) is 6. The molecule has 2 fully saturated rings. The highest BCUT2D eigenvalue weighted by molar-refractivity contribution is 5.43. The number of benzene rings is 1. The van der Waals surface area contributed by atoms with Crippen molar-refractivity contribution in [1.29, 1.82) is 0 Å². The molecule has 1 atom stereocenters. The van der Waals surface area contributed by atoms with Gasteiger partial charge in [0.2, 0.25) is 0 Å². The molecule has 1 aromatic rings. The van der Waals surface area contributed by atoms with Gasteiger partial charge >= 0.3 is 0 Å². The Balaban J connectivity index is 1.54. The fraction of sp³-hybridized carbons (Fsp3) is 0.684. The average Bonchev–Trinajstić information content (AvgIpc) is 3.12. The summed E-state index contributed by atoms with van der Waals surface area (Å²) in [5, 5.41) is 3.44. The van der Waals surface area contributed by atoms with Crippen molar-refractivity contribution in [2.45, 2.75) is 19.0 Å². The van der Waals surface area contributed by atoms with Crippen LogP contribution in [0.1, 0.15) is 12.0 Å². The first-order valence-corrected chi connectivity index (χ1v) is 9.26. The van der Waals surface area contributed by atoms with E-state index < -0.39 is 0 Å². The third-order valence-corrected chi connectivity index (χ3v) is 5.09. The minimum atomic E-state index is 0.532. The van der Waals surface area contributed by atoms with Crippen molar-refractivity contribution in [2.24, 2.45) is 0 Å². The molecule has 0 saturated carbocycles. The summed E-state index contributed by atoms with van der Waals surface area (Å²) in [6.45, 7) is 9.02. The Hall–Kier alpha value is -1.34. The number of methoxy groups -OCH3 is 2. The van der Waals surface area contributed by atoms with Gasteiger partial charge in [0.15, 0.2) is 11.5 Å². The molecule has 3 rings (SSSR count). The molecule has 140 valence electrons. The molecule has 1 unspecified atom stereocenters. The lowest BCUT2D eigenvalue weighted by Gasteiger charge is -2.32. The van der Waals surface area contributed by atoms with Gasteiger partial charge in [-0.05, 0) is 24.1 Å². The number of nitrogens with zero attached hydrogens (tertiary/aromatic N) is 2. The first-order valence-electron chi connectivity index (χ1n) is 9.26. The number of likely N-dealkylation sites (tertiary alicyclic amines) is 1. The van der Waals surface area contributed by atoms with Crippen molar-refractivity contribution in [3.05, 3.63) is 23.8 Å². The van der Waals surface area contributed by atoms with Gasteiger partial charge in [-0.1, -0.05) is 6.07 Å². The summed E-state index contributed by atoms with van der Waals surface area (Å²) in [4.78, 5) is 5.19. The Morgan fingerprint density at radius 3 is 2.68 bits per heavy atom. The van der Waals surface area contributed by atoms with E-state index in [2.05, 4.69) is 27.2 Å². The van der Waals surface area contributed by atoms with E-state index in [-0.39, 0.29) is 0 Å². The molecule has 0 bridgehead atoms. The third-order valence-electron chi connectivity index (χ3n) is 5.09. The minimum Gasteiger partial charge on any atom is -0.493 e. The average molecular weight is 349 g/mol. The summed E-state index contributed by atoms with van der Waals surface area (Å²) in [6.07, 6.45) is 1.27. The van der Waals surface area contributed by atoms with E-state index in [0.717, 1.165) is 37.7 Å². The van der Waals surface area contributed by atoms with Crippen LogP contribution in [0.25, 0.3) is 0 Å². The van der Waals surface area contributed by atoms with Crippen LogP contribution in [0.2, 0.25) is 0 Å². The molecule has 2 aliphatic heterocycles. The molecule has 25 heavy (non-hydrogen) atoms. The predicted octanol–water partition coefficient (Wildman–Crippen LogP) is 1.20. The lowest BCUT2D eigenvalue weighted by Crippen LogP contribution is -2.49. The monoisotopic (exact) mass is 349 g/mol. The SMILES string of the molecule is COCCOc1ccc(CN2CCC(N3CCNCC3)C2)cc1OC. The number of nitrogens with one attached hydrogen (secondary N) is 1. The Labute approximate surface area is 151 Å². The van der Waals surface area contributed by atoms with Crippen molar-refractivity contribution in [3.8, 4) is 11.5 Å². The molecule has 6 nitrogen and oxygen atoms in total. The maximum Gasteiger partial charge on any atom is 0.161 e. The maximum atomic E-state index is 5.71. The number of hydrogen-bond donors (Lipinski definition) is 1. The van der Waals surface area contributed by atoms with E-state index in [1.165, 1.54) is 31.6 Å². The van der Waals surface area contributed by atoms with Crippen molar-refractivity contribution >= 4 is 0 Å². The molecule has 1 N–H and O–H groups in total. The van der Waals surface area contributed by atoms with Gasteiger partial charge in [-0.15, -0.1) is 0 Å². The molecule has 0 aliphatic carbocycles. The molecule has 2 aliphatic rings. The fourth-order valence-corrected chi connectivity index (χ4v) is 3.72. The molecule has 0 spiro atoms. The number of ether oxygens (including phenoxy) is 3. The second-order valence-electron chi connectivity index (χ2n) is 6.79. The van der Waals surface area contributed by atoms with Crippen LogP contribution in [-0.4, -0.2) is 82.5 Å². The molecule has 6 heteroatoms. The zero-order valence-corrected chi connectivity index (χ0v) is 15.5. The molecule has 0 radical (unpaired) electrons. The van der Waals surface area contributed by atoms with Crippen LogP contribution in [0.5, 0.6) is 11.5 Å². The predicted molar refractivity (Wildman–Crippen MR) is 98.5 cm³/mol. The van der Waals surface area contributed by atoms with E-state index in [1.54, 1.807) is 14.2 Å². The van der Waals surface area contributed by atoms with Crippen LogP contribution in [-0.2, 0) is 11.3 Å². The number of piperazine rings is 1. The van der Waals surface area contributed by atoms with Crippen molar-refractivity contribution in [2.75, 3.05) is 66.7 Å². The highest BCUT2D eigenvalue weighted by Crippen LogP contribution is 2.29. The maximum absolute atomic E-state index is 5.71. The zero-order chi connectivity index (χ0) is 17.5. The Bertz CT molecular complexity index is 535. The zero-order valence-electron chi connectivity index (χ0n) is 15.5. The normalized spacial score (nSPS) is 22.2. The highest BCUT2D eigenvalue weighted by Gasteiger charge is 2.28. The van der Waals surface area contributed by atoms with Gasteiger partial charge in [0, 0.05) is 59.0 Å². The highest BCUT2D eigenvalue weighted by atomic mass is 16.5. The third kappa shape index (κ3) is 5.07. The summed E-state index contributed by atoms with van der Waals surface area (Å²) < 4.78 is 16.2. The van der Waals surface area contributed by atoms with E-state index >= 15 is 0 Å². The standard InChI is InChI=1S/C19H31N3O3/c1-23-11-12-25-18-4-3-16(13-19(18)24-2)14-21-8-5-17(15-21)22-9-6-20-7-10-22/h3-4,13,17,20H,5-12,14-15H2,1-2H3. The lowest BCUT2D eigenvalue weighted by molar-refractivity contribution is 0.144. The minimum absolute atomic E-state index is 0.532. The Morgan fingerprint density at radius 2 is 1.92 bits per heavy atom. The summed E-state index contributed by atoms with van der Waals surface area (Å²) in [7, 11) is 3.37. The molecule has 1 aromatic carbocycles. The van der Waals surface area contributed by atoms with Gasteiger partial charge in [0.1, 0.15) is 6.61 Å². The second-order valence-corrected chi connectivity index (χ2v) is 6.79. The summed E-state index contributed by atoms with van der Waals surface area (Å²) in [5.41, 5.74) is 1.27. The van der Waals surface area contributed by atoms with Crippen LogP contribution >= 0.6 is 0 Å². The molecule has 0 aromatic heterocycles. The van der Waals surface area contributed by atoms with E-state index in [0.29, 0.717) is 19.3 Å². The van der Waals surface area contributed by atoms with E-state index in [1.807, 2.05) is 6.07 Å². The van der Waals surface area contributed by atoms with Crippen molar-refractivity contribution in [3.63, 3.8) is 0 Å². The van der Waals surface area contributed by atoms with Gasteiger partial charge in [0.05, 0.1) is 13.7 Å². The molecule has 2 saturated heterocycles. The van der Waals surface area contributed by atoms with Crippen molar-refractivity contribution in [1.82, 2.24) is 15.1 Å².